The zero-order chi connectivity index (χ0) is 17.6. The second-order valence-electron chi connectivity index (χ2n) is 5.74. The third-order valence-corrected chi connectivity index (χ3v) is 4.89. The molecule has 1 aromatic heterocycles. The Kier molecular flexibility index (Phi) is 6.33. The smallest absolute Gasteiger partial charge is 0.325 e. The Morgan fingerprint density at radius 3 is 2.88 bits per heavy atom. The average Bonchev–Trinajstić information content (AvgIpc) is 3.15. The first-order valence-corrected chi connectivity index (χ1v) is 8.89. The van der Waals surface area contributed by atoms with Crippen LogP contribution in [0.15, 0.2) is 17.5 Å². The molecule has 1 fully saturated rings. The van der Waals surface area contributed by atoms with Gasteiger partial charge < -0.3 is 15.4 Å². The van der Waals surface area contributed by atoms with Crippen LogP contribution in [-0.2, 0) is 19.9 Å². The number of imide groups is 1. The molecule has 1 saturated heterocycles. The van der Waals surface area contributed by atoms with Crippen molar-refractivity contribution in [1.82, 2.24) is 15.5 Å². The lowest BCUT2D eigenvalue weighted by Gasteiger charge is -2.19. The fraction of sp³-hybridized carbons (Fsp3) is 0.562. The Morgan fingerprint density at radius 1 is 1.42 bits per heavy atom. The second-order valence-corrected chi connectivity index (χ2v) is 6.69. The molecule has 0 aliphatic carbocycles. The van der Waals surface area contributed by atoms with Crippen LogP contribution in [0.25, 0.3) is 0 Å². The van der Waals surface area contributed by atoms with Crippen molar-refractivity contribution in [3.63, 3.8) is 0 Å². The molecule has 0 unspecified atom stereocenters. The summed E-state index contributed by atoms with van der Waals surface area (Å²) in [5.41, 5.74) is -1.10. The maximum atomic E-state index is 12.6. The molecule has 0 aromatic carbocycles. The molecule has 2 rings (SSSR count). The minimum absolute atomic E-state index is 0.291. The third-order valence-electron chi connectivity index (χ3n) is 3.80. The number of unbranched alkanes of at least 4 members (excludes halogenated alkanes) is 1. The van der Waals surface area contributed by atoms with Crippen LogP contribution in [0.3, 0.4) is 0 Å². The molecule has 2 heterocycles. The number of urea groups is 1. The molecule has 0 saturated carbocycles. The van der Waals surface area contributed by atoms with E-state index in [1.54, 1.807) is 13.0 Å². The standard InChI is InChI=1S/C16H23N3O4S/c1-3-4-8-23-9-7-17-13(20)11-19-14(21)16(2,18-15(19)22)12-6-5-10-24-12/h5-6,10H,3-4,7-9,11H2,1-2H3,(H,17,20)(H,18,22)/t16-/m0/s1. The molecule has 0 radical (unpaired) electrons. The van der Waals surface area contributed by atoms with E-state index in [4.69, 9.17) is 4.74 Å². The van der Waals surface area contributed by atoms with Crippen LogP contribution < -0.4 is 10.6 Å². The van der Waals surface area contributed by atoms with Gasteiger partial charge in [-0.1, -0.05) is 19.4 Å². The van der Waals surface area contributed by atoms with Gasteiger partial charge in [-0.05, 0) is 24.8 Å². The number of nitrogens with one attached hydrogen (secondary N) is 2. The van der Waals surface area contributed by atoms with Gasteiger partial charge >= 0.3 is 6.03 Å². The summed E-state index contributed by atoms with van der Waals surface area (Å²) in [4.78, 5) is 38.3. The van der Waals surface area contributed by atoms with E-state index in [-0.39, 0.29) is 12.5 Å². The monoisotopic (exact) mass is 353 g/mol. The Labute approximate surface area is 145 Å². The highest BCUT2D eigenvalue weighted by molar-refractivity contribution is 7.10. The molecular formula is C16H23N3O4S. The van der Waals surface area contributed by atoms with Crippen LogP contribution in [0, 0.1) is 0 Å². The van der Waals surface area contributed by atoms with E-state index in [0.29, 0.717) is 19.8 Å². The van der Waals surface area contributed by atoms with Gasteiger partial charge in [-0.15, -0.1) is 11.3 Å². The number of nitrogens with zero attached hydrogens (tertiary/aromatic N) is 1. The molecule has 1 atom stereocenters. The summed E-state index contributed by atoms with van der Waals surface area (Å²) in [5.74, 6) is -0.794. The number of hydrogen-bond acceptors (Lipinski definition) is 5. The van der Waals surface area contributed by atoms with Crippen LogP contribution in [0.2, 0.25) is 0 Å². The summed E-state index contributed by atoms with van der Waals surface area (Å²) in [6.07, 6.45) is 2.04. The van der Waals surface area contributed by atoms with Crippen molar-refractivity contribution >= 4 is 29.2 Å². The lowest BCUT2D eigenvalue weighted by Crippen LogP contribution is -2.43. The highest BCUT2D eigenvalue weighted by atomic mass is 32.1. The Hall–Kier alpha value is -1.93. The summed E-state index contributed by atoms with van der Waals surface area (Å²) in [6.45, 7) is 4.87. The predicted molar refractivity (Wildman–Crippen MR) is 90.7 cm³/mol. The summed E-state index contributed by atoms with van der Waals surface area (Å²) >= 11 is 1.39. The minimum atomic E-state index is -1.10. The summed E-state index contributed by atoms with van der Waals surface area (Å²) < 4.78 is 5.35. The molecule has 1 aliphatic heterocycles. The molecule has 132 valence electrons. The number of hydrogen-bond donors (Lipinski definition) is 2. The summed E-state index contributed by atoms with van der Waals surface area (Å²) in [6, 6.07) is 3.06. The van der Waals surface area contributed by atoms with Crippen LogP contribution in [0.4, 0.5) is 4.79 Å². The van der Waals surface area contributed by atoms with Gasteiger partial charge in [0.2, 0.25) is 5.91 Å². The van der Waals surface area contributed by atoms with Gasteiger partial charge in [0.05, 0.1) is 6.61 Å². The van der Waals surface area contributed by atoms with E-state index in [2.05, 4.69) is 17.6 Å². The third kappa shape index (κ3) is 4.12. The first-order valence-electron chi connectivity index (χ1n) is 8.01. The lowest BCUT2D eigenvalue weighted by atomic mass is 10.0. The molecule has 2 N–H and O–H groups in total. The Bertz CT molecular complexity index is 590. The second kappa shape index (κ2) is 8.25. The van der Waals surface area contributed by atoms with Gasteiger partial charge in [0.15, 0.2) is 5.54 Å². The predicted octanol–water partition coefficient (Wildman–Crippen LogP) is 1.45. The van der Waals surface area contributed by atoms with Crippen molar-refractivity contribution in [3.8, 4) is 0 Å². The van der Waals surface area contributed by atoms with Crippen molar-refractivity contribution in [3.05, 3.63) is 22.4 Å². The molecule has 24 heavy (non-hydrogen) atoms. The van der Waals surface area contributed by atoms with E-state index in [0.717, 1.165) is 22.6 Å². The topological polar surface area (TPSA) is 87.7 Å². The van der Waals surface area contributed by atoms with Gasteiger partial charge in [0, 0.05) is 18.0 Å². The maximum Gasteiger partial charge on any atom is 0.325 e. The fourth-order valence-corrected chi connectivity index (χ4v) is 3.22. The van der Waals surface area contributed by atoms with E-state index in [1.165, 1.54) is 11.3 Å². The average molecular weight is 353 g/mol. The SMILES string of the molecule is CCCCOCCNC(=O)CN1C(=O)N[C@@](C)(c2cccs2)C1=O. The number of carbonyl (C=O) groups excluding carboxylic acids is 3. The molecule has 7 nitrogen and oxygen atoms in total. The van der Waals surface area contributed by atoms with Crippen molar-refractivity contribution in [2.75, 3.05) is 26.3 Å². The normalized spacial score (nSPS) is 20.3. The maximum absolute atomic E-state index is 12.6. The summed E-state index contributed by atoms with van der Waals surface area (Å²) in [5, 5.41) is 7.17. The van der Waals surface area contributed by atoms with Crippen LogP contribution in [0.5, 0.6) is 0 Å². The van der Waals surface area contributed by atoms with Crippen LogP contribution in [-0.4, -0.2) is 49.0 Å². The largest absolute Gasteiger partial charge is 0.380 e. The quantitative estimate of drug-likeness (QED) is 0.519. The van der Waals surface area contributed by atoms with Crippen molar-refractivity contribution < 1.29 is 19.1 Å². The van der Waals surface area contributed by atoms with Gasteiger partial charge in [-0.25, -0.2) is 4.79 Å². The number of ether oxygens (including phenoxy) is 1. The zero-order valence-corrected chi connectivity index (χ0v) is 14.8. The van der Waals surface area contributed by atoms with E-state index in [1.807, 2.05) is 11.4 Å². The van der Waals surface area contributed by atoms with Crippen LogP contribution >= 0.6 is 11.3 Å². The molecule has 4 amide bonds. The summed E-state index contributed by atoms with van der Waals surface area (Å²) in [7, 11) is 0. The number of thiophene rings is 1. The van der Waals surface area contributed by atoms with Crippen LogP contribution in [0.1, 0.15) is 31.6 Å². The molecular weight excluding hydrogens is 330 g/mol. The molecule has 1 aliphatic rings. The van der Waals surface area contributed by atoms with E-state index >= 15 is 0 Å². The van der Waals surface area contributed by atoms with Crippen molar-refractivity contribution in [2.24, 2.45) is 0 Å². The number of carbonyl (C=O) groups is 3. The first-order chi connectivity index (χ1) is 11.5. The Morgan fingerprint density at radius 2 is 2.21 bits per heavy atom. The highest BCUT2D eigenvalue weighted by Crippen LogP contribution is 2.31. The van der Waals surface area contributed by atoms with E-state index in [9.17, 15) is 14.4 Å². The van der Waals surface area contributed by atoms with Gasteiger partial charge in [0.1, 0.15) is 6.54 Å². The molecule has 8 heteroatoms. The van der Waals surface area contributed by atoms with Gasteiger partial charge in [-0.3, -0.25) is 14.5 Å². The lowest BCUT2D eigenvalue weighted by molar-refractivity contribution is -0.134. The van der Waals surface area contributed by atoms with Crippen molar-refractivity contribution in [1.29, 1.82) is 0 Å². The zero-order valence-electron chi connectivity index (χ0n) is 14.0. The Balaban J connectivity index is 1.83. The van der Waals surface area contributed by atoms with E-state index < -0.39 is 17.5 Å². The molecule has 0 spiro atoms. The highest BCUT2D eigenvalue weighted by Gasteiger charge is 2.50. The van der Waals surface area contributed by atoms with Gasteiger partial charge in [-0.2, -0.15) is 0 Å². The number of rotatable bonds is 9. The minimum Gasteiger partial charge on any atom is -0.380 e. The van der Waals surface area contributed by atoms with Gasteiger partial charge in [0.25, 0.3) is 5.91 Å². The number of amides is 4. The molecule has 1 aromatic rings. The fourth-order valence-electron chi connectivity index (χ4n) is 2.38. The molecule has 0 bridgehead atoms. The van der Waals surface area contributed by atoms with Crippen molar-refractivity contribution in [2.45, 2.75) is 32.2 Å². The first kappa shape index (κ1) is 18.4.